The number of nitrogens with zero attached hydrogens (tertiary/aromatic N) is 5. The summed E-state index contributed by atoms with van der Waals surface area (Å²) < 4.78 is 1.51. The molecule has 3 rings (SSSR count). The second kappa shape index (κ2) is 6.64. The Kier molecular flexibility index (Phi) is 4.87. The van der Waals surface area contributed by atoms with E-state index in [2.05, 4.69) is 20.8 Å². The molecule has 1 aliphatic heterocycles. The van der Waals surface area contributed by atoms with Crippen molar-refractivity contribution >= 4 is 18.3 Å². The molecule has 1 aromatic carbocycles. The number of carbonyl (C=O) groups excluding carboxylic acids is 1. The minimum atomic E-state index is -0.00944. The van der Waals surface area contributed by atoms with Crippen LogP contribution in [0.2, 0.25) is 0 Å². The molecule has 0 spiro atoms. The number of tetrazole rings is 1. The van der Waals surface area contributed by atoms with Gasteiger partial charge in [-0.15, -0.1) is 17.5 Å². The Bertz CT molecular complexity index is 596. The van der Waals surface area contributed by atoms with Crippen LogP contribution in [-0.2, 0) is 0 Å². The molecular formula is C13H17ClN6O. The summed E-state index contributed by atoms with van der Waals surface area (Å²) in [6.45, 7) is 1.80. The van der Waals surface area contributed by atoms with E-state index in [0.717, 1.165) is 19.5 Å². The second-order valence-corrected chi connectivity index (χ2v) is 4.83. The van der Waals surface area contributed by atoms with Crippen molar-refractivity contribution in [3.05, 3.63) is 36.2 Å². The molecule has 1 aromatic heterocycles. The minimum absolute atomic E-state index is 0. The molecule has 1 aliphatic rings. The fourth-order valence-corrected chi connectivity index (χ4v) is 2.45. The lowest BCUT2D eigenvalue weighted by atomic mass is 10.1. The van der Waals surface area contributed by atoms with Crippen LogP contribution in [0.25, 0.3) is 5.69 Å². The predicted octanol–water partition coefficient (Wildman–Crippen LogP) is 0.518. The molecule has 1 N–H and O–H groups in total. The van der Waals surface area contributed by atoms with E-state index in [1.165, 1.54) is 11.0 Å². The maximum absolute atomic E-state index is 12.7. The van der Waals surface area contributed by atoms with Crippen LogP contribution in [0.3, 0.4) is 0 Å². The van der Waals surface area contributed by atoms with E-state index in [4.69, 9.17) is 0 Å². The van der Waals surface area contributed by atoms with Gasteiger partial charge in [-0.05, 0) is 35.5 Å². The van der Waals surface area contributed by atoms with Crippen LogP contribution in [0.5, 0.6) is 0 Å². The molecule has 1 unspecified atom stereocenters. The fourth-order valence-electron chi connectivity index (χ4n) is 2.45. The first-order valence-corrected chi connectivity index (χ1v) is 6.57. The number of rotatable bonds is 3. The molecule has 112 valence electrons. The number of hydrogen-bond donors (Lipinski definition) is 1. The van der Waals surface area contributed by atoms with Crippen molar-refractivity contribution in [2.45, 2.75) is 12.5 Å². The van der Waals surface area contributed by atoms with Crippen molar-refractivity contribution < 1.29 is 4.79 Å². The number of aromatic nitrogens is 4. The Labute approximate surface area is 128 Å². The monoisotopic (exact) mass is 308 g/mol. The zero-order valence-corrected chi connectivity index (χ0v) is 12.5. The molecule has 7 nitrogen and oxygen atoms in total. The number of amides is 1. The molecule has 1 amide bonds. The van der Waals surface area contributed by atoms with Crippen LogP contribution in [-0.4, -0.2) is 57.2 Å². The van der Waals surface area contributed by atoms with Crippen LogP contribution >= 0.6 is 12.4 Å². The zero-order chi connectivity index (χ0) is 13.9. The second-order valence-electron chi connectivity index (χ2n) is 4.83. The van der Waals surface area contributed by atoms with Crippen molar-refractivity contribution in [2.24, 2.45) is 0 Å². The average Bonchev–Trinajstić information content (AvgIpc) is 3.18. The van der Waals surface area contributed by atoms with Gasteiger partial charge in [0.05, 0.1) is 11.3 Å². The summed E-state index contributed by atoms with van der Waals surface area (Å²) in [7, 11) is 1.84. The highest BCUT2D eigenvalue weighted by molar-refractivity contribution is 5.97. The summed E-state index contributed by atoms with van der Waals surface area (Å²) in [6.07, 6.45) is 2.47. The lowest BCUT2D eigenvalue weighted by Gasteiger charge is -2.24. The Balaban J connectivity index is 0.00000161. The minimum Gasteiger partial charge on any atom is -0.337 e. The highest BCUT2D eigenvalue weighted by Crippen LogP contribution is 2.17. The van der Waals surface area contributed by atoms with Crippen molar-refractivity contribution in [2.75, 3.05) is 20.1 Å². The standard InChI is InChI=1S/C13H16N6O.ClH/c1-18(10-6-7-14-8-10)13(20)11-4-2-3-5-12(11)19-9-15-16-17-19;/h2-5,9-10,14H,6-8H2,1H3;1H. The van der Waals surface area contributed by atoms with Crippen LogP contribution in [0, 0.1) is 0 Å². The fraction of sp³-hybridized carbons (Fsp3) is 0.385. The van der Waals surface area contributed by atoms with Gasteiger partial charge in [0.2, 0.25) is 0 Å². The average molecular weight is 309 g/mol. The van der Waals surface area contributed by atoms with Gasteiger partial charge in [0, 0.05) is 19.6 Å². The first kappa shape index (κ1) is 15.4. The molecule has 1 saturated heterocycles. The van der Waals surface area contributed by atoms with E-state index in [1.54, 1.807) is 11.0 Å². The lowest BCUT2D eigenvalue weighted by molar-refractivity contribution is 0.0743. The Morgan fingerprint density at radius 3 is 2.90 bits per heavy atom. The summed E-state index contributed by atoms with van der Waals surface area (Å²) in [5.41, 5.74) is 1.30. The van der Waals surface area contributed by atoms with Gasteiger partial charge in [0.1, 0.15) is 6.33 Å². The molecule has 0 aliphatic carbocycles. The number of carbonyl (C=O) groups is 1. The molecule has 0 bridgehead atoms. The van der Waals surface area contributed by atoms with Gasteiger partial charge in [-0.2, -0.15) is 4.68 Å². The summed E-state index contributed by atoms with van der Waals surface area (Å²) in [5, 5.41) is 14.4. The molecule has 1 fully saturated rings. The van der Waals surface area contributed by atoms with Gasteiger partial charge in [-0.3, -0.25) is 4.79 Å². The third-order valence-corrected chi connectivity index (χ3v) is 3.63. The zero-order valence-electron chi connectivity index (χ0n) is 11.6. The van der Waals surface area contributed by atoms with E-state index in [0.29, 0.717) is 11.3 Å². The number of hydrogen-bond acceptors (Lipinski definition) is 5. The molecule has 1 atom stereocenters. The highest BCUT2D eigenvalue weighted by Gasteiger charge is 2.25. The Morgan fingerprint density at radius 2 is 2.24 bits per heavy atom. The smallest absolute Gasteiger partial charge is 0.256 e. The molecule has 0 radical (unpaired) electrons. The third-order valence-electron chi connectivity index (χ3n) is 3.63. The van der Waals surface area contributed by atoms with Crippen molar-refractivity contribution in [3.8, 4) is 5.69 Å². The molecule has 0 saturated carbocycles. The number of likely N-dealkylation sites (N-methyl/N-ethyl adjacent to an activating group) is 1. The van der Waals surface area contributed by atoms with Gasteiger partial charge < -0.3 is 10.2 Å². The molecule has 2 heterocycles. The van der Waals surface area contributed by atoms with Gasteiger partial charge in [-0.25, -0.2) is 0 Å². The maximum atomic E-state index is 12.7. The summed E-state index contributed by atoms with van der Waals surface area (Å²) in [5.74, 6) is -0.00944. The van der Waals surface area contributed by atoms with Crippen molar-refractivity contribution in [1.29, 1.82) is 0 Å². The van der Waals surface area contributed by atoms with Gasteiger partial charge in [0.15, 0.2) is 0 Å². The largest absolute Gasteiger partial charge is 0.337 e. The molecular weight excluding hydrogens is 292 g/mol. The van der Waals surface area contributed by atoms with E-state index < -0.39 is 0 Å². The lowest BCUT2D eigenvalue weighted by Crippen LogP contribution is -2.38. The van der Waals surface area contributed by atoms with Gasteiger partial charge in [-0.1, -0.05) is 12.1 Å². The summed E-state index contributed by atoms with van der Waals surface area (Å²) in [6, 6.07) is 7.60. The topological polar surface area (TPSA) is 75.9 Å². The first-order chi connectivity index (χ1) is 9.77. The van der Waals surface area contributed by atoms with Crippen LogP contribution in [0.4, 0.5) is 0 Å². The normalized spacial score (nSPS) is 17.3. The quantitative estimate of drug-likeness (QED) is 0.894. The van der Waals surface area contributed by atoms with Gasteiger partial charge >= 0.3 is 0 Å². The SMILES string of the molecule is CN(C(=O)c1ccccc1-n1cnnn1)C1CCNC1.Cl. The van der Waals surface area contributed by atoms with Crippen LogP contribution < -0.4 is 5.32 Å². The van der Waals surface area contributed by atoms with Crippen molar-refractivity contribution in [3.63, 3.8) is 0 Å². The van der Waals surface area contributed by atoms with Crippen LogP contribution in [0.1, 0.15) is 16.8 Å². The third kappa shape index (κ3) is 3.03. The highest BCUT2D eigenvalue weighted by atomic mass is 35.5. The molecule has 21 heavy (non-hydrogen) atoms. The maximum Gasteiger partial charge on any atom is 0.256 e. The predicted molar refractivity (Wildman–Crippen MR) is 79.8 cm³/mol. The summed E-state index contributed by atoms with van der Waals surface area (Å²) >= 11 is 0. The number of halogens is 1. The Morgan fingerprint density at radius 1 is 1.43 bits per heavy atom. The Hall–Kier alpha value is -1.99. The number of nitrogens with one attached hydrogen (secondary N) is 1. The number of benzene rings is 1. The summed E-state index contributed by atoms with van der Waals surface area (Å²) in [4.78, 5) is 14.5. The van der Waals surface area contributed by atoms with Crippen molar-refractivity contribution in [1.82, 2.24) is 30.4 Å². The molecule has 8 heteroatoms. The van der Waals surface area contributed by atoms with E-state index in [-0.39, 0.29) is 24.4 Å². The van der Waals surface area contributed by atoms with E-state index in [1.807, 2.05) is 25.2 Å². The first-order valence-electron chi connectivity index (χ1n) is 6.57. The van der Waals surface area contributed by atoms with Gasteiger partial charge in [0.25, 0.3) is 5.91 Å². The number of para-hydroxylation sites is 1. The van der Waals surface area contributed by atoms with E-state index in [9.17, 15) is 4.79 Å². The molecule has 2 aromatic rings. The van der Waals surface area contributed by atoms with E-state index >= 15 is 0 Å². The van der Waals surface area contributed by atoms with Crippen LogP contribution in [0.15, 0.2) is 30.6 Å².